The van der Waals surface area contributed by atoms with Crippen LogP contribution in [0.3, 0.4) is 0 Å². The van der Waals surface area contributed by atoms with Crippen LogP contribution in [0, 0.1) is 11.2 Å². The number of hydrogen-bond donors (Lipinski definition) is 3. The Morgan fingerprint density at radius 3 is 2.42 bits per heavy atom. The van der Waals surface area contributed by atoms with Gasteiger partial charge in [-0.15, -0.1) is 0 Å². The second-order valence-electron chi connectivity index (χ2n) is 9.53. The van der Waals surface area contributed by atoms with E-state index in [9.17, 15) is 9.50 Å². The second kappa shape index (κ2) is 10.5. The Morgan fingerprint density at radius 1 is 1.11 bits per heavy atom. The number of aliphatic hydroxyl groups is 1. The molecule has 1 aromatic carbocycles. The van der Waals surface area contributed by atoms with E-state index < -0.39 is 5.41 Å². The largest absolute Gasteiger partial charge is 0.395 e. The SMILES string of the molecule is Cn1cc(-c2c[nH]c(/C(=N\C=N)N3CCN(c4ncc([C@](C)(CO)c5ccc(F)cc5)cn4)CC3)c2)cn1. The highest BCUT2D eigenvalue weighted by Crippen LogP contribution is 2.31. The van der Waals surface area contributed by atoms with Gasteiger partial charge in [0.25, 0.3) is 0 Å². The van der Waals surface area contributed by atoms with Crippen LogP contribution in [-0.2, 0) is 12.5 Å². The van der Waals surface area contributed by atoms with Crippen molar-refractivity contribution in [3.8, 4) is 11.1 Å². The molecule has 5 rings (SSSR count). The predicted octanol–water partition coefficient (Wildman–Crippen LogP) is 2.82. The molecule has 1 aliphatic rings. The lowest BCUT2D eigenvalue weighted by atomic mass is 9.78. The Kier molecular flexibility index (Phi) is 7.01. The van der Waals surface area contributed by atoms with Gasteiger partial charge < -0.3 is 19.9 Å². The van der Waals surface area contributed by atoms with Crippen molar-refractivity contribution in [2.24, 2.45) is 12.0 Å². The molecule has 1 aliphatic heterocycles. The maximum Gasteiger partial charge on any atom is 0.225 e. The minimum Gasteiger partial charge on any atom is -0.395 e. The predicted molar refractivity (Wildman–Crippen MR) is 144 cm³/mol. The van der Waals surface area contributed by atoms with Gasteiger partial charge in [-0.3, -0.25) is 10.1 Å². The van der Waals surface area contributed by atoms with E-state index in [1.54, 1.807) is 29.2 Å². The molecule has 196 valence electrons. The van der Waals surface area contributed by atoms with Crippen molar-refractivity contribution in [3.05, 3.63) is 84.0 Å². The molecule has 0 radical (unpaired) electrons. The van der Waals surface area contributed by atoms with Gasteiger partial charge in [0.1, 0.15) is 12.2 Å². The van der Waals surface area contributed by atoms with E-state index >= 15 is 0 Å². The molecule has 4 aromatic rings. The number of piperazine rings is 1. The monoisotopic (exact) mass is 515 g/mol. The summed E-state index contributed by atoms with van der Waals surface area (Å²) in [7, 11) is 1.88. The Hall–Kier alpha value is -4.38. The summed E-state index contributed by atoms with van der Waals surface area (Å²) in [6, 6.07) is 8.15. The number of aromatic nitrogens is 5. The van der Waals surface area contributed by atoms with Gasteiger partial charge in [-0.2, -0.15) is 5.10 Å². The summed E-state index contributed by atoms with van der Waals surface area (Å²) >= 11 is 0. The van der Waals surface area contributed by atoms with Crippen LogP contribution in [0.25, 0.3) is 11.1 Å². The van der Waals surface area contributed by atoms with Crippen LogP contribution in [0.1, 0.15) is 23.7 Å². The van der Waals surface area contributed by atoms with Crippen molar-refractivity contribution < 1.29 is 9.50 Å². The summed E-state index contributed by atoms with van der Waals surface area (Å²) in [5.41, 5.74) is 3.66. The molecule has 10 nitrogen and oxygen atoms in total. The van der Waals surface area contributed by atoms with E-state index in [2.05, 4.69) is 34.8 Å². The molecule has 1 atom stereocenters. The summed E-state index contributed by atoms with van der Waals surface area (Å²) < 4.78 is 15.2. The average molecular weight is 516 g/mol. The number of nitrogens with one attached hydrogen (secondary N) is 2. The van der Waals surface area contributed by atoms with E-state index in [4.69, 9.17) is 5.41 Å². The molecule has 0 bridgehead atoms. The maximum atomic E-state index is 13.4. The van der Waals surface area contributed by atoms with Crippen molar-refractivity contribution in [2.45, 2.75) is 12.3 Å². The number of amidine groups is 1. The van der Waals surface area contributed by atoms with Crippen molar-refractivity contribution in [2.75, 3.05) is 37.7 Å². The third-order valence-corrected chi connectivity index (χ3v) is 7.08. The van der Waals surface area contributed by atoms with Crippen LogP contribution in [0.2, 0.25) is 0 Å². The minimum atomic E-state index is -0.742. The van der Waals surface area contributed by atoms with Gasteiger partial charge in [-0.25, -0.2) is 19.4 Å². The lowest BCUT2D eigenvalue weighted by Gasteiger charge is -2.36. The fourth-order valence-corrected chi connectivity index (χ4v) is 4.70. The summed E-state index contributed by atoms with van der Waals surface area (Å²) in [4.78, 5) is 21.1. The van der Waals surface area contributed by atoms with E-state index in [0.717, 1.165) is 34.3 Å². The van der Waals surface area contributed by atoms with Crippen molar-refractivity contribution in [1.29, 1.82) is 5.41 Å². The van der Waals surface area contributed by atoms with Gasteiger partial charge in [-0.1, -0.05) is 12.1 Å². The Labute approximate surface area is 220 Å². The topological polar surface area (TPSA) is 122 Å². The van der Waals surface area contributed by atoms with E-state index in [0.29, 0.717) is 38.0 Å². The summed E-state index contributed by atoms with van der Waals surface area (Å²) in [5.74, 6) is 1.000. The fourth-order valence-electron chi connectivity index (χ4n) is 4.70. The molecular formula is C27H30FN9O. The molecule has 0 saturated carbocycles. The van der Waals surface area contributed by atoms with E-state index in [1.807, 2.05) is 38.6 Å². The molecule has 0 amide bonds. The highest BCUT2D eigenvalue weighted by atomic mass is 19.1. The molecule has 3 aromatic heterocycles. The first-order valence-electron chi connectivity index (χ1n) is 12.3. The highest BCUT2D eigenvalue weighted by molar-refractivity contribution is 6.01. The molecule has 4 heterocycles. The van der Waals surface area contributed by atoms with Gasteiger partial charge in [0, 0.05) is 80.1 Å². The number of halogens is 1. The first kappa shape index (κ1) is 25.3. The van der Waals surface area contributed by atoms with Crippen LogP contribution in [0.4, 0.5) is 10.3 Å². The molecule has 1 saturated heterocycles. The van der Waals surface area contributed by atoms with E-state index in [-0.39, 0.29) is 12.4 Å². The van der Waals surface area contributed by atoms with Crippen LogP contribution in [-0.4, -0.2) is 79.7 Å². The lowest BCUT2D eigenvalue weighted by Crippen LogP contribution is -2.49. The molecule has 11 heteroatoms. The van der Waals surface area contributed by atoms with Gasteiger partial charge >= 0.3 is 0 Å². The molecule has 1 fully saturated rings. The normalized spacial score (nSPS) is 15.9. The zero-order valence-corrected chi connectivity index (χ0v) is 21.3. The quantitative estimate of drug-likeness (QED) is 0.257. The summed E-state index contributed by atoms with van der Waals surface area (Å²) in [6.45, 7) is 4.47. The van der Waals surface area contributed by atoms with Crippen LogP contribution >= 0.6 is 0 Å². The summed E-state index contributed by atoms with van der Waals surface area (Å²) in [6.07, 6.45) is 10.2. The highest BCUT2D eigenvalue weighted by Gasteiger charge is 2.30. The third kappa shape index (κ3) is 4.92. The molecule has 0 spiro atoms. The first-order valence-corrected chi connectivity index (χ1v) is 12.3. The standard InChI is InChI=1S/C27H30FN9O/c1-27(17-38,21-3-5-23(28)6-4-21)22-14-31-26(32-15-22)37-9-7-36(8-10-37)25(33-18-29)24-11-19(12-30-24)20-13-34-35(2)16-20/h3-6,11-16,18,29-30,38H,7-10,17H2,1-2H3/b29-18?,33-25+/t27-/m1/s1. The number of aryl methyl sites for hydroxylation is 1. The summed E-state index contributed by atoms with van der Waals surface area (Å²) in [5, 5.41) is 22.0. The van der Waals surface area contributed by atoms with Crippen LogP contribution < -0.4 is 4.90 Å². The van der Waals surface area contributed by atoms with Gasteiger partial charge in [-0.05, 0) is 30.7 Å². The van der Waals surface area contributed by atoms with Gasteiger partial charge in [0.15, 0.2) is 5.84 Å². The number of aromatic amines is 1. The number of H-pyrrole nitrogens is 1. The number of nitrogens with zero attached hydrogens (tertiary/aromatic N) is 7. The number of benzene rings is 1. The van der Waals surface area contributed by atoms with Crippen LogP contribution in [0.15, 0.2) is 66.3 Å². The maximum absolute atomic E-state index is 13.4. The number of aliphatic imine (C=N–C) groups is 1. The molecule has 0 unspecified atom stereocenters. The number of aliphatic hydroxyl groups excluding tert-OH is 1. The number of anilines is 1. The average Bonchev–Trinajstić information content (AvgIpc) is 3.61. The van der Waals surface area contributed by atoms with Crippen molar-refractivity contribution in [1.82, 2.24) is 29.6 Å². The molecular weight excluding hydrogens is 485 g/mol. The number of hydrogen-bond acceptors (Lipinski definition) is 6. The van der Waals surface area contributed by atoms with Crippen LogP contribution in [0.5, 0.6) is 0 Å². The third-order valence-electron chi connectivity index (χ3n) is 7.08. The Balaban J connectivity index is 1.27. The van der Waals surface area contributed by atoms with Crippen molar-refractivity contribution in [3.63, 3.8) is 0 Å². The smallest absolute Gasteiger partial charge is 0.225 e. The van der Waals surface area contributed by atoms with Gasteiger partial charge in [0.05, 0.1) is 18.5 Å². The lowest BCUT2D eigenvalue weighted by molar-refractivity contribution is 0.230. The Bertz CT molecular complexity index is 1420. The fraction of sp³-hybridized carbons (Fsp3) is 0.296. The Morgan fingerprint density at radius 2 is 1.82 bits per heavy atom. The molecule has 0 aliphatic carbocycles. The molecule has 3 N–H and O–H groups in total. The zero-order valence-electron chi connectivity index (χ0n) is 21.3. The minimum absolute atomic E-state index is 0.156. The molecule has 38 heavy (non-hydrogen) atoms. The number of rotatable bonds is 7. The second-order valence-corrected chi connectivity index (χ2v) is 9.53. The van der Waals surface area contributed by atoms with Gasteiger partial charge in [0.2, 0.25) is 5.95 Å². The van der Waals surface area contributed by atoms with Crippen molar-refractivity contribution >= 4 is 18.1 Å². The first-order chi connectivity index (χ1) is 18.4. The van der Waals surface area contributed by atoms with E-state index in [1.165, 1.54) is 12.1 Å². The zero-order chi connectivity index (χ0) is 26.7.